The van der Waals surface area contributed by atoms with Gasteiger partial charge in [-0.3, -0.25) is 9.97 Å². The molecule has 0 saturated carbocycles. The Kier molecular flexibility index (Phi) is 5.58. The lowest BCUT2D eigenvalue weighted by Crippen LogP contribution is -2.19. The first kappa shape index (κ1) is 19.7. The van der Waals surface area contributed by atoms with Gasteiger partial charge in [0.15, 0.2) is 0 Å². The quantitative estimate of drug-likeness (QED) is 0.416. The molecule has 0 spiro atoms. The van der Waals surface area contributed by atoms with Crippen LogP contribution in [-0.2, 0) is 0 Å². The van der Waals surface area contributed by atoms with Crippen molar-refractivity contribution in [2.45, 2.75) is 0 Å². The second-order valence-electron chi connectivity index (χ2n) is 6.40. The van der Waals surface area contributed by atoms with Crippen molar-refractivity contribution in [3.05, 3.63) is 84.6 Å². The van der Waals surface area contributed by atoms with E-state index in [4.69, 9.17) is 16.0 Å². The smallest absolute Gasteiger partial charge is 0.323 e. The highest BCUT2D eigenvalue weighted by atomic mass is 16.5. The summed E-state index contributed by atoms with van der Waals surface area (Å²) in [5, 5.41) is 6.18. The number of fused-ring (bicyclic) bond motifs is 1. The highest BCUT2D eigenvalue weighted by molar-refractivity contribution is 5.99. The highest BCUT2D eigenvalue weighted by Gasteiger charge is 2.11. The second-order valence-corrected chi connectivity index (χ2v) is 6.40. The van der Waals surface area contributed by atoms with E-state index in [9.17, 15) is 4.79 Å². The van der Waals surface area contributed by atoms with Crippen molar-refractivity contribution < 1.29 is 14.3 Å². The molecule has 31 heavy (non-hydrogen) atoms. The topological polar surface area (TPSA) is 89.7 Å². The number of ether oxygens (including phenoxy) is 2. The molecule has 8 heteroatoms. The molecule has 0 aliphatic carbocycles. The molecule has 0 unspecified atom stereocenters. The minimum absolute atomic E-state index is 0.361. The van der Waals surface area contributed by atoms with Crippen LogP contribution >= 0.6 is 0 Å². The van der Waals surface area contributed by atoms with Crippen molar-refractivity contribution in [2.75, 3.05) is 17.7 Å². The Balaban J connectivity index is 1.49. The monoisotopic (exact) mass is 411 g/mol. The van der Waals surface area contributed by atoms with Gasteiger partial charge in [-0.2, -0.15) is 0 Å². The molecule has 0 aliphatic rings. The third-order valence-electron chi connectivity index (χ3n) is 4.40. The van der Waals surface area contributed by atoms with Crippen LogP contribution in [0, 0.1) is 6.57 Å². The molecular formula is C23H17N5O3. The Hall–Kier alpha value is -4.64. The van der Waals surface area contributed by atoms with Crippen LogP contribution in [0.15, 0.2) is 73.2 Å². The van der Waals surface area contributed by atoms with Crippen molar-refractivity contribution in [3.8, 4) is 17.2 Å². The van der Waals surface area contributed by atoms with Crippen LogP contribution in [0.1, 0.15) is 0 Å². The minimum Gasteiger partial charge on any atom is -0.508 e. The van der Waals surface area contributed by atoms with E-state index in [1.54, 1.807) is 73.2 Å². The van der Waals surface area contributed by atoms with Crippen LogP contribution in [0.5, 0.6) is 17.2 Å². The standard InChI is InChI=1S/C23H17N5O3/c1-24-20-13-18-19(14-22(20)30-2)26-12-9-21(18)31-17-5-3-15(4-6-17)27-23(29)28-16-7-10-25-11-8-16/h3-14H,2H3,(H2,25,27,28,29). The van der Waals surface area contributed by atoms with Crippen LogP contribution in [0.3, 0.4) is 0 Å². The van der Waals surface area contributed by atoms with Crippen LogP contribution in [0.25, 0.3) is 15.7 Å². The summed E-state index contributed by atoms with van der Waals surface area (Å²) in [6.45, 7) is 7.35. The van der Waals surface area contributed by atoms with Gasteiger partial charge < -0.3 is 20.1 Å². The lowest BCUT2D eigenvalue weighted by molar-refractivity contribution is 0.262. The zero-order valence-corrected chi connectivity index (χ0v) is 16.5. The molecule has 2 heterocycles. The van der Waals surface area contributed by atoms with Crippen molar-refractivity contribution >= 4 is 34.0 Å². The molecule has 0 radical (unpaired) electrons. The number of carbonyl (C=O) groups is 1. The van der Waals surface area contributed by atoms with Crippen molar-refractivity contribution in [2.24, 2.45) is 0 Å². The Morgan fingerprint density at radius 2 is 1.65 bits per heavy atom. The third-order valence-corrected chi connectivity index (χ3v) is 4.40. The van der Waals surface area contributed by atoms with E-state index < -0.39 is 0 Å². The first-order valence-electron chi connectivity index (χ1n) is 9.26. The highest BCUT2D eigenvalue weighted by Crippen LogP contribution is 2.37. The summed E-state index contributed by atoms with van der Waals surface area (Å²) in [6, 6.07) is 15.1. The molecule has 152 valence electrons. The Morgan fingerprint density at radius 1 is 0.935 bits per heavy atom. The van der Waals surface area contributed by atoms with Crippen LogP contribution < -0.4 is 20.1 Å². The van der Waals surface area contributed by atoms with Gasteiger partial charge in [-0.1, -0.05) is 0 Å². The lowest BCUT2D eigenvalue weighted by Gasteiger charge is -2.12. The number of methoxy groups -OCH3 is 1. The number of anilines is 2. The number of hydrogen-bond acceptors (Lipinski definition) is 5. The van der Waals surface area contributed by atoms with E-state index in [-0.39, 0.29) is 6.03 Å². The molecule has 0 aliphatic heterocycles. The SMILES string of the molecule is [C-]#[N+]c1cc2c(Oc3ccc(NC(=O)Nc4ccncc4)cc3)ccnc2cc1OC. The van der Waals surface area contributed by atoms with Crippen molar-refractivity contribution in [1.29, 1.82) is 0 Å². The molecule has 2 amide bonds. The average molecular weight is 411 g/mol. The molecule has 0 saturated heterocycles. The van der Waals surface area contributed by atoms with Gasteiger partial charge in [0.2, 0.25) is 5.69 Å². The fourth-order valence-electron chi connectivity index (χ4n) is 2.94. The molecule has 2 aromatic heterocycles. The van der Waals surface area contributed by atoms with Gasteiger partial charge in [0.05, 0.1) is 19.2 Å². The number of carbonyl (C=O) groups excluding carboxylic acids is 1. The zero-order valence-electron chi connectivity index (χ0n) is 16.5. The maximum Gasteiger partial charge on any atom is 0.323 e. The van der Waals surface area contributed by atoms with Crippen LogP contribution in [0.4, 0.5) is 21.9 Å². The molecule has 0 bridgehead atoms. The molecule has 0 fully saturated rings. The van der Waals surface area contributed by atoms with Gasteiger partial charge in [-0.25, -0.2) is 9.64 Å². The number of nitrogens with one attached hydrogen (secondary N) is 2. The third kappa shape index (κ3) is 4.52. The van der Waals surface area contributed by atoms with Crippen molar-refractivity contribution in [1.82, 2.24) is 9.97 Å². The maximum atomic E-state index is 12.1. The fourth-order valence-corrected chi connectivity index (χ4v) is 2.94. The summed E-state index contributed by atoms with van der Waals surface area (Å²) in [7, 11) is 1.52. The fraction of sp³-hybridized carbons (Fsp3) is 0.0435. The van der Waals surface area contributed by atoms with E-state index in [0.717, 1.165) is 0 Å². The average Bonchev–Trinajstić information content (AvgIpc) is 2.80. The summed E-state index contributed by atoms with van der Waals surface area (Å²) in [5.41, 5.74) is 2.30. The Labute approximate surface area is 178 Å². The summed E-state index contributed by atoms with van der Waals surface area (Å²) in [6.07, 6.45) is 4.83. The molecule has 8 nitrogen and oxygen atoms in total. The minimum atomic E-state index is -0.361. The first-order chi connectivity index (χ1) is 15.2. The van der Waals surface area contributed by atoms with E-state index in [1.165, 1.54) is 7.11 Å². The van der Waals surface area contributed by atoms with Gasteiger partial charge in [0.1, 0.15) is 17.2 Å². The predicted molar refractivity (Wildman–Crippen MR) is 118 cm³/mol. The number of rotatable bonds is 5. The maximum absolute atomic E-state index is 12.1. The van der Waals surface area contributed by atoms with Gasteiger partial charge in [0.25, 0.3) is 0 Å². The second kappa shape index (κ2) is 8.80. The number of aromatic nitrogens is 2. The molecule has 2 N–H and O–H groups in total. The van der Waals surface area contributed by atoms with Gasteiger partial charge in [-0.15, -0.1) is 0 Å². The van der Waals surface area contributed by atoms with Gasteiger partial charge >= 0.3 is 6.03 Å². The van der Waals surface area contributed by atoms with Crippen LogP contribution in [-0.4, -0.2) is 23.1 Å². The number of nitrogens with zero attached hydrogens (tertiary/aromatic N) is 3. The predicted octanol–water partition coefficient (Wildman–Crippen LogP) is 5.63. The van der Waals surface area contributed by atoms with Gasteiger partial charge in [0, 0.05) is 35.4 Å². The van der Waals surface area contributed by atoms with Crippen LogP contribution in [0.2, 0.25) is 0 Å². The lowest BCUT2D eigenvalue weighted by atomic mass is 10.1. The van der Waals surface area contributed by atoms with E-state index in [1.807, 2.05) is 0 Å². The molecule has 4 rings (SSSR count). The summed E-state index contributed by atoms with van der Waals surface area (Å²) in [4.78, 5) is 23.8. The Morgan fingerprint density at radius 3 is 2.32 bits per heavy atom. The summed E-state index contributed by atoms with van der Waals surface area (Å²) >= 11 is 0. The number of benzene rings is 2. The van der Waals surface area contributed by atoms with E-state index in [2.05, 4.69) is 25.4 Å². The number of amides is 2. The van der Waals surface area contributed by atoms with Gasteiger partial charge in [-0.05, 0) is 54.6 Å². The molecule has 4 aromatic rings. The molecular weight excluding hydrogens is 394 g/mol. The largest absolute Gasteiger partial charge is 0.508 e. The number of pyridine rings is 2. The normalized spacial score (nSPS) is 10.2. The Bertz CT molecular complexity index is 1270. The van der Waals surface area contributed by atoms with E-state index >= 15 is 0 Å². The van der Waals surface area contributed by atoms with E-state index in [0.29, 0.717) is 45.2 Å². The zero-order chi connectivity index (χ0) is 21.6. The summed E-state index contributed by atoms with van der Waals surface area (Å²) < 4.78 is 11.2. The molecule has 0 atom stereocenters. The number of urea groups is 1. The number of hydrogen-bond donors (Lipinski definition) is 2. The van der Waals surface area contributed by atoms with Crippen molar-refractivity contribution in [3.63, 3.8) is 0 Å². The summed E-state index contributed by atoms with van der Waals surface area (Å²) in [5.74, 6) is 1.61. The first-order valence-corrected chi connectivity index (χ1v) is 9.26. The molecule has 2 aromatic carbocycles.